The van der Waals surface area contributed by atoms with E-state index >= 15 is 0 Å². The fraction of sp³-hybridized carbons (Fsp3) is 0.125. The molecule has 0 atom stereocenters. The Balaban J connectivity index is 1.70. The van der Waals surface area contributed by atoms with Gasteiger partial charge < -0.3 is 15.0 Å². The lowest BCUT2D eigenvalue weighted by Crippen LogP contribution is -2.07. The van der Waals surface area contributed by atoms with Gasteiger partial charge in [-0.25, -0.2) is 0 Å². The Hall–Kier alpha value is -2.13. The molecule has 0 bridgehead atoms. The number of anilines is 1. The second kappa shape index (κ2) is 5.47. The van der Waals surface area contributed by atoms with Crippen molar-refractivity contribution in [1.29, 1.82) is 0 Å². The molecule has 3 rings (SSSR count). The van der Waals surface area contributed by atoms with Crippen LogP contribution in [0.5, 0.6) is 5.75 Å². The van der Waals surface area contributed by atoms with Crippen LogP contribution in [0.15, 0.2) is 54.7 Å². The summed E-state index contributed by atoms with van der Waals surface area (Å²) in [5, 5.41) is 1.91. The van der Waals surface area contributed by atoms with E-state index in [1.54, 1.807) is 0 Å². The first-order chi connectivity index (χ1) is 9.74. The molecule has 20 heavy (non-hydrogen) atoms. The van der Waals surface area contributed by atoms with Gasteiger partial charge in [-0.2, -0.15) is 0 Å². The number of nitrogen functional groups attached to an aromatic ring is 1. The molecule has 102 valence electrons. The molecule has 0 amide bonds. The van der Waals surface area contributed by atoms with Crippen LogP contribution in [-0.2, 0) is 6.54 Å². The summed E-state index contributed by atoms with van der Waals surface area (Å²) < 4.78 is 7.81. The molecular formula is C16H15ClN2O. The van der Waals surface area contributed by atoms with Gasteiger partial charge in [-0.1, -0.05) is 23.7 Å². The van der Waals surface area contributed by atoms with E-state index in [4.69, 9.17) is 22.1 Å². The Bertz CT molecular complexity index is 719. The highest BCUT2D eigenvalue weighted by Gasteiger charge is 2.04. The second-order valence-electron chi connectivity index (χ2n) is 4.60. The molecule has 3 aromatic rings. The molecule has 0 fully saturated rings. The average molecular weight is 287 g/mol. The summed E-state index contributed by atoms with van der Waals surface area (Å²) >= 11 is 6.24. The lowest BCUT2D eigenvalue weighted by atomic mass is 10.2. The number of rotatable bonds is 4. The van der Waals surface area contributed by atoms with Gasteiger partial charge in [0.15, 0.2) is 0 Å². The van der Waals surface area contributed by atoms with E-state index in [0.29, 0.717) is 6.61 Å². The van der Waals surface area contributed by atoms with Crippen molar-refractivity contribution in [3.8, 4) is 5.75 Å². The van der Waals surface area contributed by atoms with E-state index in [2.05, 4.69) is 16.7 Å². The first kappa shape index (κ1) is 12.9. The van der Waals surface area contributed by atoms with Crippen LogP contribution in [0.4, 0.5) is 5.69 Å². The Morgan fingerprint density at radius 1 is 1.05 bits per heavy atom. The molecule has 0 spiro atoms. The molecule has 4 heteroatoms. The van der Waals surface area contributed by atoms with Crippen molar-refractivity contribution in [3.05, 3.63) is 59.8 Å². The Morgan fingerprint density at radius 2 is 1.85 bits per heavy atom. The highest BCUT2D eigenvalue weighted by molar-refractivity contribution is 6.35. The van der Waals surface area contributed by atoms with Crippen LogP contribution in [0, 0.1) is 0 Å². The SMILES string of the molecule is Nc1ccc(OCCn2ccc3cccc(Cl)c32)cc1. The third-order valence-electron chi connectivity index (χ3n) is 3.22. The number of nitrogens with two attached hydrogens (primary N) is 1. The van der Waals surface area contributed by atoms with Crippen LogP contribution in [0.2, 0.25) is 5.02 Å². The number of nitrogens with zero attached hydrogens (tertiary/aromatic N) is 1. The molecule has 1 heterocycles. The molecule has 0 unspecified atom stereocenters. The molecule has 0 aliphatic carbocycles. The zero-order valence-electron chi connectivity index (χ0n) is 10.9. The van der Waals surface area contributed by atoms with Gasteiger partial charge in [0.25, 0.3) is 0 Å². The standard InChI is InChI=1S/C16H15ClN2O/c17-15-3-1-2-12-8-9-19(16(12)15)10-11-20-14-6-4-13(18)5-7-14/h1-9H,10-11,18H2. The molecule has 1 aromatic heterocycles. The van der Waals surface area contributed by atoms with E-state index in [-0.39, 0.29) is 0 Å². The van der Waals surface area contributed by atoms with Crippen molar-refractivity contribution in [2.24, 2.45) is 0 Å². The topological polar surface area (TPSA) is 40.2 Å². The monoisotopic (exact) mass is 286 g/mol. The number of hydrogen-bond acceptors (Lipinski definition) is 2. The minimum absolute atomic E-state index is 0.582. The Morgan fingerprint density at radius 3 is 2.65 bits per heavy atom. The lowest BCUT2D eigenvalue weighted by molar-refractivity contribution is 0.300. The van der Waals surface area contributed by atoms with Crippen molar-refractivity contribution in [1.82, 2.24) is 4.57 Å². The summed E-state index contributed by atoms with van der Waals surface area (Å²) in [7, 11) is 0. The van der Waals surface area contributed by atoms with E-state index < -0.39 is 0 Å². The minimum atomic E-state index is 0.582. The van der Waals surface area contributed by atoms with Crippen molar-refractivity contribution >= 4 is 28.2 Å². The van der Waals surface area contributed by atoms with Crippen molar-refractivity contribution in [2.45, 2.75) is 6.54 Å². The molecule has 0 aliphatic heterocycles. The van der Waals surface area contributed by atoms with E-state index in [0.717, 1.165) is 33.9 Å². The summed E-state index contributed by atoms with van der Waals surface area (Å²) in [6.07, 6.45) is 2.03. The van der Waals surface area contributed by atoms with E-state index in [9.17, 15) is 0 Å². The number of para-hydroxylation sites is 1. The second-order valence-corrected chi connectivity index (χ2v) is 5.01. The van der Waals surface area contributed by atoms with Gasteiger partial charge in [0.05, 0.1) is 17.1 Å². The van der Waals surface area contributed by atoms with Crippen molar-refractivity contribution < 1.29 is 4.74 Å². The lowest BCUT2D eigenvalue weighted by Gasteiger charge is -2.09. The number of halogens is 1. The summed E-state index contributed by atoms with van der Waals surface area (Å²) in [6, 6.07) is 15.4. The van der Waals surface area contributed by atoms with Gasteiger partial charge in [0, 0.05) is 17.3 Å². The van der Waals surface area contributed by atoms with Crippen LogP contribution in [0.3, 0.4) is 0 Å². The summed E-state index contributed by atoms with van der Waals surface area (Å²) in [4.78, 5) is 0. The molecule has 3 nitrogen and oxygen atoms in total. The number of hydrogen-bond donors (Lipinski definition) is 1. The van der Waals surface area contributed by atoms with Gasteiger partial charge in [0.2, 0.25) is 0 Å². The van der Waals surface area contributed by atoms with E-state index in [1.165, 1.54) is 0 Å². The molecule has 0 radical (unpaired) electrons. The summed E-state index contributed by atoms with van der Waals surface area (Å²) in [5.74, 6) is 0.821. The maximum atomic E-state index is 6.24. The zero-order chi connectivity index (χ0) is 13.9. The van der Waals surface area contributed by atoms with E-state index in [1.807, 2.05) is 42.6 Å². The average Bonchev–Trinajstić information content (AvgIpc) is 2.86. The van der Waals surface area contributed by atoms with Gasteiger partial charge >= 0.3 is 0 Å². The van der Waals surface area contributed by atoms with Gasteiger partial charge in [-0.15, -0.1) is 0 Å². The number of ether oxygens (including phenoxy) is 1. The predicted molar refractivity (Wildman–Crippen MR) is 83.3 cm³/mol. The molecule has 0 saturated heterocycles. The predicted octanol–water partition coefficient (Wildman–Crippen LogP) is 3.96. The molecular weight excluding hydrogens is 272 g/mol. The normalized spacial score (nSPS) is 10.8. The fourth-order valence-electron chi connectivity index (χ4n) is 2.23. The minimum Gasteiger partial charge on any atom is -0.492 e. The highest BCUT2D eigenvalue weighted by atomic mass is 35.5. The van der Waals surface area contributed by atoms with Crippen LogP contribution >= 0.6 is 11.6 Å². The maximum Gasteiger partial charge on any atom is 0.119 e. The van der Waals surface area contributed by atoms with Gasteiger partial charge in [-0.3, -0.25) is 0 Å². The Kier molecular flexibility index (Phi) is 3.52. The summed E-state index contributed by atoms with van der Waals surface area (Å²) in [6.45, 7) is 1.33. The van der Waals surface area contributed by atoms with Crippen molar-refractivity contribution in [3.63, 3.8) is 0 Å². The summed E-state index contributed by atoms with van der Waals surface area (Å²) in [5.41, 5.74) is 7.42. The third-order valence-corrected chi connectivity index (χ3v) is 3.53. The first-order valence-electron chi connectivity index (χ1n) is 6.46. The zero-order valence-corrected chi connectivity index (χ0v) is 11.7. The molecule has 2 aromatic carbocycles. The molecule has 2 N–H and O–H groups in total. The van der Waals surface area contributed by atoms with Crippen LogP contribution in [0.25, 0.3) is 10.9 Å². The van der Waals surface area contributed by atoms with Crippen LogP contribution in [-0.4, -0.2) is 11.2 Å². The smallest absolute Gasteiger partial charge is 0.119 e. The van der Waals surface area contributed by atoms with Crippen molar-refractivity contribution in [2.75, 3.05) is 12.3 Å². The largest absolute Gasteiger partial charge is 0.492 e. The fourth-order valence-corrected chi connectivity index (χ4v) is 2.52. The number of aromatic nitrogens is 1. The number of fused-ring (bicyclic) bond motifs is 1. The van der Waals surface area contributed by atoms with Gasteiger partial charge in [-0.05, 0) is 36.4 Å². The first-order valence-corrected chi connectivity index (χ1v) is 6.83. The van der Waals surface area contributed by atoms with Crippen LogP contribution < -0.4 is 10.5 Å². The Labute approximate surface area is 122 Å². The van der Waals surface area contributed by atoms with Crippen LogP contribution in [0.1, 0.15) is 0 Å². The maximum absolute atomic E-state index is 6.24. The number of benzene rings is 2. The molecule has 0 saturated carbocycles. The highest BCUT2D eigenvalue weighted by Crippen LogP contribution is 2.24. The van der Waals surface area contributed by atoms with Gasteiger partial charge in [0.1, 0.15) is 12.4 Å². The molecule has 0 aliphatic rings. The quantitative estimate of drug-likeness (QED) is 0.738. The third kappa shape index (κ3) is 2.58.